The van der Waals surface area contributed by atoms with Crippen LogP contribution in [0.25, 0.3) is 0 Å². The van der Waals surface area contributed by atoms with Crippen LogP contribution in [-0.4, -0.2) is 85.4 Å². The fourth-order valence-electron chi connectivity index (χ4n) is 3.96. The summed E-state index contributed by atoms with van der Waals surface area (Å²) in [6.45, 7) is 8.85. The maximum atomic E-state index is 12.7. The minimum Gasteiger partial charge on any atom is -0.340 e. The zero-order valence-electron chi connectivity index (χ0n) is 16.5. The number of carbonyl (C=O) groups excluding carboxylic acids is 1. The van der Waals surface area contributed by atoms with Gasteiger partial charge in [0.15, 0.2) is 0 Å². The van der Waals surface area contributed by atoms with Crippen LogP contribution >= 0.6 is 0 Å². The lowest BCUT2D eigenvalue weighted by Gasteiger charge is -2.25. The topological polar surface area (TPSA) is 30.0 Å². The predicted octanol–water partition coefficient (Wildman–Crippen LogP) is 1.88. The highest BCUT2D eigenvalue weighted by Gasteiger charge is 2.19. The molecule has 0 radical (unpaired) electrons. The molecular formula is C21H34N4O. The van der Waals surface area contributed by atoms with Gasteiger partial charge in [0, 0.05) is 33.2 Å². The third-order valence-electron chi connectivity index (χ3n) is 5.72. The van der Waals surface area contributed by atoms with Gasteiger partial charge in [0.1, 0.15) is 0 Å². The van der Waals surface area contributed by atoms with Crippen molar-refractivity contribution in [2.24, 2.45) is 0 Å². The minimum absolute atomic E-state index is 0.227. The largest absolute Gasteiger partial charge is 0.340 e. The highest BCUT2D eigenvalue weighted by Crippen LogP contribution is 2.17. The summed E-state index contributed by atoms with van der Waals surface area (Å²) in [7, 11) is 4.10. The number of likely N-dealkylation sites (N-methyl/N-ethyl adjacent to an activating group) is 2. The zero-order chi connectivity index (χ0) is 18.4. The van der Waals surface area contributed by atoms with Crippen LogP contribution < -0.4 is 0 Å². The molecule has 26 heavy (non-hydrogen) atoms. The third-order valence-corrected chi connectivity index (χ3v) is 5.72. The Morgan fingerprint density at radius 1 is 0.923 bits per heavy atom. The normalized spacial score (nSPS) is 20.2. The van der Waals surface area contributed by atoms with E-state index >= 15 is 0 Å². The predicted molar refractivity (Wildman–Crippen MR) is 106 cm³/mol. The van der Waals surface area contributed by atoms with Crippen molar-refractivity contribution < 1.29 is 4.79 Å². The van der Waals surface area contributed by atoms with Crippen molar-refractivity contribution >= 4 is 5.91 Å². The van der Waals surface area contributed by atoms with Gasteiger partial charge in [0.25, 0.3) is 0 Å². The Hall–Kier alpha value is -1.43. The lowest BCUT2D eigenvalue weighted by Crippen LogP contribution is -2.39. The van der Waals surface area contributed by atoms with Gasteiger partial charge in [-0.15, -0.1) is 0 Å². The van der Waals surface area contributed by atoms with Crippen LogP contribution in [0.3, 0.4) is 0 Å². The monoisotopic (exact) mass is 358 g/mol. The van der Waals surface area contributed by atoms with Gasteiger partial charge in [-0.3, -0.25) is 14.6 Å². The third kappa shape index (κ3) is 5.53. The molecule has 2 heterocycles. The number of hydrogen-bond donors (Lipinski definition) is 0. The maximum Gasteiger partial charge on any atom is 0.236 e. The summed E-state index contributed by atoms with van der Waals surface area (Å²) >= 11 is 0. The van der Waals surface area contributed by atoms with Crippen LogP contribution in [-0.2, 0) is 17.9 Å². The Balaban J connectivity index is 1.55. The van der Waals surface area contributed by atoms with Crippen LogP contribution in [0.4, 0.5) is 0 Å². The molecule has 2 aliphatic heterocycles. The van der Waals surface area contributed by atoms with Gasteiger partial charge >= 0.3 is 0 Å². The molecule has 1 aromatic rings. The molecule has 5 heteroatoms. The molecule has 0 spiro atoms. The van der Waals surface area contributed by atoms with E-state index in [9.17, 15) is 4.79 Å². The van der Waals surface area contributed by atoms with Gasteiger partial charge in [0.05, 0.1) is 6.54 Å². The molecule has 2 aliphatic rings. The summed E-state index contributed by atoms with van der Waals surface area (Å²) in [5, 5.41) is 0. The summed E-state index contributed by atoms with van der Waals surface area (Å²) in [4.78, 5) is 21.8. The Morgan fingerprint density at radius 3 is 2.38 bits per heavy atom. The van der Waals surface area contributed by atoms with Gasteiger partial charge in [0.2, 0.25) is 5.91 Å². The molecule has 144 valence electrons. The van der Waals surface area contributed by atoms with E-state index in [0.29, 0.717) is 13.1 Å². The second-order valence-corrected chi connectivity index (χ2v) is 7.93. The van der Waals surface area contributed by atoms with Crippen molar-refractivity contribution in [1.82, 2.24) is 19.6 Å². The van der Waals surface area contributed by atoms with E-state index < -0.39 is 0 Å². The van der Waals surface area contributed by atoms with Crippen LogP contribution in [0, 0.1) is 0 Å². The van der Waals surface area contributed by atoms with Crippen molar-refractivity contribution in [1.29, 1.82) is 0 Å². The van der Waals surface area contributed by atoms with E-state index in [1.165, 1.54) is 37.1 Å². The van der Waals surface area contributed by atoms with Gasteiger partial charge in [-0.1, -0.05) is 24.3 Å². The van der Waals surface area contributed by atoms with Gasteiger partial charge < -0.3 is 9.80 Å². The Labute approximate surface area is 158 Å². The van der Waals surface area contributed by atoms with Gasteiger partial charge in [-0.05, 0) is 63.6 Å². The summed E-state index contributed by atoms with van der Waals surface area (Å²) in [6.07, 6.45) is 3.77. The smallest absolute Gasteiger partial charge is 0.236 e. The number of nitrogens with zero attached hydrogens (tertiary/aromatic N) is 4. The van der Waals surface area contributed by atoms with Crippen molar-refractivity contribution in [3.8, 4) is 0 Å². The molecule has 1 amide bonds. The van der Waals surface area contributed by atoms with Gasteiger partial charge in [-0.25, -0.2) is 0 Å². The molecule has 0 unspecified atom stereocenters. The molecule has 0 aromatic heterocycles. The zero-order valence-corrected chi connectivity index (χ0v) is 16.5. The number of carbonyl (C=O) groups is 1. The summed E-state index contributed by atoms with van der Waals surface area (Å²) in [5.41, 5.74) is 2.65. The lowest BCUT2D eigenvalue weighted by molar-refractivity contribution is -0.131. The first-order valence-corrected chi connectivity index (χ1v) is 10.1. The van der Waals surface area contributed by atoms with E-state index in [2.05, 4.69) is 46.0 Å². The Morgan fingerprint density at radius 2 is 1.62 bits per heavy atom. The number of likely N-dealkylation sites (tertiary alicyclic amines) is 1. The van der Waals surface area contributed by atoms with Crippen LogP contribution in [0.5, 0.6) is 0 Å². The van der Waals surface area contributed by atoms with Crippen molar-refractivity contribution in [3.63, 3.8) is 0 Å². The van der Waals surface area contributed by atoms with Crippen LogP contribution in [0.1, 0.15) is 30.4 Å². The standard InChI is InChI=1S/C21H34N4O/c1-22-10-7-13-25(15-14-22)18-21(26)23(2)16-19-8-3-4-9-20(19)17-24-11-5-6-12-24/h3-4,8-9H,5-7,10-18H2,1-2H3. The Bertz CT molecular complexity index is 585. The molecule has 3 rings (SSSR count). The number of rotatable bonds is 6. The maximum absolute atomic E-state index is 12.7. The highest BCUT2D eigenvalue weighted by molar-refractivity contribution is 5.78. The first-order chi connectivity index (χ1) is 12.6. The summed E-state index contributed by atoms with van der Waals surface area (Å²) in [5.74, 6) is 0.227. The van der Waals surface area contributed by atoms with E-state index in [0.717, 1.165) is 39.1 Å². The lowest BCUT2D eigenvalue weighted by atomic mass is 10.1. The molecule has 0 saturated carbocycles. The van der Waals surface area contributed by atoms with Crippen LogP contribution in [0.15, 0.2) is 24.3 Å². The minimum atomic E-state index is 0.227. The molecule has 0 bridgehead atoms. The molecule has 0 N–H and O–H groups in total. The average Bonchev–Trinajstić information content (AvgIpc) is 3.05. The van der Waals surface area contributed by atoms with Gasteiger partial charge in [-0.2, -0.15) is 0 Å². The first-order valence-electron chi connectivity index (χ1n) is 10.1. The first kappa shape index (κ1) is 19.3. The van der Waals surface area contributed by atoms with E-state index in [1.807, 2.05) is 11.9 Å². The second-order valence-electron chi connectivity index (χ2n) is 7.93. The second kappa shape index (κ2) is 9.49. The number of hydrogen-bond acceptors (Lipinski definition) is 4. The number of benzene rings is 1. The molecule has 2 saturated heterocycles. The molecule has 0 atom stereocenters. The molecule has 5 nitrogen and oxygen atoms in total. The molecule has 0 aliphatic carbocycles. The van der Waals surface area contributed by atoms with E-state index in [4.69, 9.17) is 0 Å². The summed E-state index contributed by atoms with van der Waals surface area (Å²) in [6, 6.07) is 8.60. The van der Waals surface area contributed by atoms with E-state index in [1.54, 1.807) is 0 Å². The molecule has 2 fully saturated rings. The Kier molecular flexibility index (Phi) is 7.06. The SMILES string of the molecule is CN1CCCN(CC(=O)N(C)Cc2ccccc2CN2CCCC2)CC1. The van der Waals surface area contributed by atoms with Crippen molar-refractivity contribution in [2.45, 2.75) is 32.4 Å². The molecular weight excluding hydrogens is 324 g/mol. The number of amides is 1. The quantitative estimate of drug-likeness (QED) is 0.777. The fraction of sp³-hybridized carbons (Fsp3) is 0.667. The summed E-state index contributed by atoms with van der Waals surface area (Å²) < 4.78 is 0. The highest BCUT2D eigenvalue weighted by atomic mass is 16.2. The fourth-order valence-corrected chi connectivity index (χ4v) is 3.96. The van der Waals surface area contributed by atoms with Crippen molar-refractivity contribution in [2.75, 3.05) is 59.9 Å². The van der Waals surface area contributed by atoms with Crippen LogP contribution in [0.2, 0.25) is 0 Å². The molecule has 1 aromatic carbocycles. The van der Waals surface area contributed by atoms with E-state index in [-0.39, 0.29) is 5.91 Å². The average molecular weight is 359 g/mol. The van der Waals surface area contributed by atoms with Crippen molar-refractivity contribution in [3.05, 3.63) is 35.4 Å².